The highest BCUT2D eigenvalue weighted by Gasteiger charge is 2.34. The molecular weight excluding hydrogens is 132 g/mol. The summed E-state index contributed by atoms with van der Waals surface area (Å²) in [7, 11) is 0. The summed E-state index contributed by atoms with van der Waals surface area (Å²) in [6.45, 7) is 2.26. The van der Waals surface area contributed by atoms with E-state index in [4.69, 9.17) is 0 Å². The van der Waals surface area contributed by atoms with Crippen molar-refractivity contribution >= 4 is 0 Å². The Morgan fingerprint density at radius 1 is 1.45 bits per heavy atom. The van der Waals surface area contributed by atoms with Gasteiger partial charge in [-0.25, -0.2) is 0 Å². The average molecular weight is 148 g/mol. The maximum Gasteiger partial charge on any atom is -0.0159 e. The molecule has 0 bridgehead atoms. The first-order chi connectivity index (χ1) is 5.40. The van der Waals surface area contributed by atoms with Crippen LogP contribution in [0.25, 0.3) is 0 Å². The van der Waals surface area contributed by atoms with E-state index in [1.165, 1.54) is 25.7 Å². The van der Waals surface area contributed by atoms with Gasteiger partial charge in [-0.3, -0.25) is 0 Å². The Labute approximate surface area is 69.0 Å². The van der Waals surface area contributed by atoms with E-state index >= 15 is 0 Å². The second-order valence-electron chi connectivity index (χ2n) is 3.77. The summed E-state index contributed by atoms with van der Waals surface area (Å²) in [5, 5.41) is 0. The van der Waals surface area contributed by atoms with E-state index in [2.05, 4.69) is 25.2 Å². The molecule has 2 aliphatic rings. The van der Waals surface area contributed by atoms with Crippen LogP contribution < -0.4 is 0 Å². The van der Waals surface area contributed by atoms with E-state index in [0.717, 1.165) is 11.8 Å². The van der Waals surface area contributed by atoms with E-state index in [9.17, 15) is 0 Å². The molecule has 2 aliphatic carbocycles. The Bertz CT molecular complexity index is 198. The van der Waals surface area contributed by atoms with Crippen LogP contribution in [0.1, 0.15) is 32.6 Å². The van der Waals surface area contributed by atoms with Crippen molar-refractivity contribution in [3.63, 3.8) is 0 Å². The SMILES string of the molecule is CCCCC1=CC2CC2C=C1. The van der Waals surface area contributed by atoms with Crippen molar-refractivity contribution < 1.29 is 0 Å². The fourth-order valence-electron chi connectivity index (χ4n) is 1.77. The molecule has 0 heterocycles. The molecule has 0 aromatic rings. The second-order valence-corrected chi connectivity index (χ2v) is 3.77. The van der Waals surface area contributed by atoms with Crippen LogP contribution >= 0.6 is 0 Å². The molecule has 0 aliphatic heterocycles. The summed E-state index contributed by atoms with van der Waals surface area (Å²) >= 11 is 0. The van der Waals surface area contributed by atoms with Crippen LogP contribution in [0, 0.1) is 11.8 Å². The van der Waals surface area contributed by atoms with Crippen LogP contribution in [0.3, 0.4) is 0 Å². The van der Waals surface area contributed by atoms with Gasteiger partial charge in [0.25, 0.3) is 0 Å². The Kier molecular flexibility index (Phi) is 1.85. The minimum atomic E-state index is 0.931. The monoisotopic (exact) mass is 148 g/mol. The van der Waals surface area contributed by atoms with Crippen molar-refractivity contribution in [1.82, 2.24) is 0 Å². The summed E-state index contributed by atoms with van der Waals surface area (Å²) in [5.41, 5.74) is 1.59. The van der Waals surface area contributed by atoms with Gasteiger partial charge in [0.15, 0.2) is 0 Å². The molecule has 1 fully saturated rings. The normalized spacial score (nSPS) is 33.0. The van der Waals surface area contributed by atoms with Gasteiger partial charge < -0.3 is 0 Å². The van der Waals surface area contributed by atoms with Crippen LogP contribution in [0.15, 0.2) is 23.8 Å². The van der Waals surface area contributed by atoms with Gasteiger partial charge in [0.05, 0.1) is 0 Å². The van der Waals surface area contributed by atoms with Gasteiger partial charge in [-0.05, 0) is 31.1 Å². The van der Waals surface area contributed by atoms with E-state index in [-0.39, 0.29) is 0 Å². The fraction of sp³-hybridized carbons (Fsp3) is 0.636. The molecule has 0 radical (unpaired) electrons. The minimum absolute atomic E-state index is 0.931. The molecule has 60 valence electrons. The minimum Gasteiger partial charge on any atom is -0.0805 e. The number of hydrogen-bond acceptors (Lipinski definition) is 0. The summed E-state index contributed by atoms with van der Waals surface area (Å²) in [5.74, 6) is 1.87. The van der Waals surface area contributed by atoms with Crippen LogP contribution in [0.4, 0.5) is 0 Å². The molecule has 0 amide bonds. The number of unbranched alkanes of at least 4 members (excludes halogenated alkanes) is 1. The third kappa shape index (κ3) is 1.55. The molecule has 0 saturated heterocycles. The number of hydrogen-bond donors (Lipinski definition) is 0. The van der Waals surface area contributed by atoms with Gasteiger partial charge in [0.1, 0.15) is 0 Å². The molecule has 0 aromatic carbocycles. The van der Waals surface area contributed by atoms with Gasteiger partial charge in [-0.15, -0.1) is 0 Å². The first kappa shape index (κ1) is 7.15. The molecule has 1 saturated carbocycles. The van der Waals surface area contributed by atoms with Gasteiger partial charge in [-0.2, -0.15) is 0 Å². The predicted octanol–water partition coefficient (Wildman–Crippen LogP) is 3.31. The third-order valence-corrected chi connectivity index (χ3v) is 2.70. The van der Waals surface area contributed by atoms with E-state index in [0.29, 0.717) is 0 Å². The quantitative estimate of drug-likeness (QED) is 0.576. The fourth-order valence-corrected chi connectivity index (χ4v) is 1.77. The summed E-state index contributed by atoms with van der Waals surface area (Å²) in [6.07, 6.45) is 12.6. The first-order valence-corrected chi connectivity index (χ1v) is 4.79. The number of allylic oxidation sites excluding steroid dienone is 4. The number of rotatable bonds is 3. The lowest BCUT2D eigenvalue weighted by Gasteiger charge is -2.04. The molecule has 2 atom stereocenters. The lowest BCUT2D eigenvalue weighted by molar-refractivity contribution is 0.785. The van der Waals surface area contributed by atoms with E-state index < -0.39 is 0 Å². The van der Waals surface area contributed by atoms with Crippen LogP contribution in [0.5, 0.6) is 0 Å². The van der Waals surface area contributed by atoms with Crippen molar-refractivity contribution in [3.05, 3.63) is 23.8 Å². The highest BCUT2D eigenvalue weighted by atomic mass is 14.4. The van der Waals surface area contributed by atoms with Crippen LogP contribution in [-0.4, -0.2) is 0 Å². The van der Waals surface area contributed by atoms with Gasteiger partial charge >= 0.3 is 0 Å². The summed E-state index contributed by atoms with van der Waals surface area (Å²) < 4.78 is 0. The Morgan fingerprint density at radius 2 is 2.36 bits per heavy atom. The third-order valence-electron chi connectivity index (χ3n) is 2.70. The molecular formula is C11H16. The molecule has 0 aromatic heterocycles. The first-order valence-electron chi connectivity index (χ1n) is 4.79. The molecule has 0 nitrogen and oxygen atoms in total. The topological polar surface area (TPSA) is 0 Å². The molecule has 11 heavy (non-hydrogen) atoms. The molecule has 0 spiro atoms. The van der Waals surface area contributed by atoms with E-state index in [1.807, 2.05) is 0 Å². The van der Waals surface area contributed by atoms with Gasteiger partial charge in [-0.1, -0.05) is 37.1 Å². The van der Waals surface area contributed by atoms with Crippen LogP contribution in [-0.2, 0) is 0 Å². The lowest BCUT2D eigenvalue weighted by Crippen LogP contribution is -1.87. The van der Waals surface area contributed by atoms with Crippen molar-refractivity contribution in [3.8, 4) is 0 Å². The largest absolute Gasteiger partial charge is 0.0805 e. The van der Waals surface area contributed by atoms with Gasteiger partial charge in [0, 0.05) is 0 Å². The zero-order valence-electron chi connectivity index (χ0n) is 7.22. The van der Waals surface area contributed by atoms with Crippen molar-refractivity contribution in [2.24, 2.45) is 11.8 Å². The van der Waals surface area contributed by atoms with E-state index in [1.54, 1.807) is 5.57 Å². The second kappa shape index (κ2) is 2.84. The lowest BCUT2D eigenvalue weighted by atomic mass is 10.0. The zero-order valence-corrected chi connectivity index (χ0v) is 7.22. The number of fused-ring (bicyclic) bond motifs is 1. The molecule has 0 heteroatoms. The van der Waals surface area contributed by atoms with Crippen molar-refractivity contribution in [2.45, 2.75) is 32.6 Å². The average Bonchev–Trinajstić information content (AvgIpc) is 2.78. The van der Waals surface area contributed by atoms with Gasteiger partial charge in [0.2, 0.25) is 0 Å². The highest BCUT2D eigenvalue weighted by molar-refractivity contribution is 5.30. The highest BCUT2D eigenvalue weighted by Crippen LogP contribution is 2.44. The molecule has 2 unspecified atom stereocenters. The Balaban J connectivity index is 1.88. The van der Waals surface area contributed by atoms with Crippen molar-refractivity contribution in [1.29, 1.82) is 0 Å². The maximum absolute atomic E-state index is 2.49. The summed E-state index contributed by atoms with van der Waals surface area (Å²) in [6, 6.07) is 0. The predicted molar refractivity (Wildman–Crippen MR) is 48.3 cm³/mol. The Morgan fingerprint density at radius 3 is 3.09 bits per heavy atom. The zero-order chi connectivity index (χ0) is 7.68. The molecule has 0 N–H and O–H groups in total. The Hall–Kier alpha value is -0.520. The summed E-state index contributed by atoms with van der Waals surface area (Å²) in [4.78, 5) is 0. The standard InChI is InChI=1S/C11H16/c1-2-3-4-9-5-6-10-8-11(10)7-9/h5-7,10-11H,2-4,8H2,1H3. The van der Waals surface area contributed by atoms with Crippen LogP contribution in [0.2, 0.25) is 0 Å². The molecule has 2 rings (SSSR count). The van der Waals surface area contributed by atoms with Crippen molar-refractivity contribution in [2.75, 3.05) is 0 Å². The smallest absolute Gasteiger partial charge is 0.0159 e. The maximum atomic E-state index is 2.49.